The van der Waals surface area contributed by atoms with E-state index >= 15 is 0 Å². The Kier molecular flexibility index (Phi) is 10.7. The summed E-state index contributed by atoms with van der Waals surface area (Å²) < 4.78 is 0. The quantitative estimate of drug-likeness (QED) is 0.479. The lowest BCUT2D eigenvalue weighted by atomic mass is 10.2. The number of nitrogens with zero attached hydrogens (tertiary/aromatic N) is 1. The van der Waals surface area contributed by atoms with E-state index in [2.05, 4.69) is 38.3 Å². The predicted molar refractivity (Wildman–Crippen MR) is 60.8 cm³/mol. The Bertz CT molecular complexity index is 62.5. The van der Waals surface area contributed by atoms with Crippen LogP contribution < -0.4 is 0 Å². The van der Waals surface area contributed by atoms with Crippen molar-refractivity contribution < 1.29 is 0 Å². The second kappa shape index (κ2) is 8.47. The minimum absolute atomic E-state index is 0. The summed E-state index contributed by atoms with van der Waals surface area (Å²) in [6, 6.07) is 0.679. The van der Waals surface area contributed by atoms with Crippen molar-refractivity contribution in [2.24, 2.45) is 0 Å². The second-order valence-electron chi connectivity index (χ2n) is 2.47. The van der Waals surface area contributed by atoms with E-state index in [0.29, 0.717) is 6.04 Å². The number of hydrogen-bond donors (Lipinski definition) is 1. The van der Waals surface area contributed by atoms with E-state index in [1.807, 2.05) is 0 Å². The van der Waals surface area contributed by atoms with Crippen molar-refractivity contribution in [1.82, 2.24) is 4.90 Å². The molecular weight excluding hydrogens is 153 g/mol. The van der Waals surface area contributed by atoms with Crippen molar-refractivity contribution in [3.8, 4) is 0 Å². The minimum atomic E-state index is 0. The molecule has 0 aromatic heterocycles. The molecule has 1 atom stereocenters. The fourth-order valence-corrected chi connectivity index (χ4v) is 1.73. The lowest BCUT2D eigenvalue weighted by Gasteiger charge is -2.26. The number of thiol groups is 1. The molecule has 0 amide bonds. The van der Waals surface area contributed by atoms with Gasteiger partial charge in [0.2, 0.25) is 0 Å². The zero-order valence-electron chi connectivity index (χ0n) is 7.30. The molecule has 1 nitrogen and oxygen atoms in total. The van der Waals surface area contributed by atoms with Gasteiger partial charge in [0.1, 0.15) is 0 Å². The van der Waals surface area contributed by atoms with Crippen molar-refractivity contribution in [2.75, 3.05) is 18.8 Å². The molecule has 3 heteroatoms. The Labute approximate surface area is 78.5 Å². The molecule has 0 N–H and O–H groups in total. The predicted octanol–water partition coefficient (Wildman–Crippen LogP) is 0.853. The van der Waals surface area contributed by atoms with E-state index in [1.54, 1.807) is 0 Å². The summed E-state index contributed by atoms with van der Waals surface area (Å²) in [6.07, 6.45) is 1.21. The van der Waals surface area contributed by atoms with E-state index in [-0.39, 0.29) is 8.41 Å². The Morgan fingerprint density at radius 1 is 1.18 bits per heavy atom. The molecule has 11 heavy (non-hydrogen) atoms. The highest BCUT2D eigenvalue weighted by molar-refractivity contribution is 7.80. The molecule has 0 aliphatic carbocycles. The molecular formula is C8H22BNS. The molecule has 0 aromatic rings. The van der Waals surface area contributed by atoms with Crippen molar-refractivity contribution in [3.05, 3.63) is 0 Å². The van der Waals surface area contributed by atoms with Crippen LogP contribution in [0.5, 0.6) is 0 Å². The summed E-state index contributed by atoms with van der Waals surface area (Å²) >= 11 is 4.30. The van der Waals surface area contributed by atoms with Gasteiger partial charge >= 0.3 is 0 Å². The van der Waals surface area contributed by atoms with Crippen LogP contribution in [0.15, 0.2) is 0 Å². The summed E-state index contributed by atoms with van der Waals surface area (Å²) in [5.41, 5.74) is 0. The molecule has 0 spiro atoms. The minimum Gasteiger partial charge on any atom is -0.300 e. The average Bonchev–Trinajstić information content (AvgIpc) is 2.00. The van der Waals surface area contributed by atoms with Gasteiger partial charge < -0.3 is 4.90 Å². The van der Waals surface area contributed by atoms with Crippen LogP contribution in [0.3, 0.4) is 0 Å². The third kappa shape index (κ3) is 4.75. The van der Waals surface area contributed by atoms with Gasteiger partial charge in [0, 0.05) is 11.8 Å². The maximum atomic E-state index is 4.30. The van der Waals surface area contributed by atoms with Gasteiger partial charge in [-0.3, -0.25) is 0 Å². The first kappa shape index (κ1) is 13.9. The van der Waals surface area contributed by atoms with Crippen LogP contribution in [0.4, 0.5) is 0 Å². The maximum Gasteiger partial charge on any atom is 0.0814 e. The van der Waals surface area contributed by atoms with Gasteiger partial charge in [0.05, 0.1) is 8.41 Å². The van der Waals surface area contributed by atoms with Gasteiger partial charge in [0.25, 0.3) is 0 Å². The van der Waals surface area contributed by atoms with Gasteiger partial charge in [-0.15, -0.1) is 0 Å². The summed E-state index contributed by atoms with van der Waals surface area (Å²) in [7, 11) is 0. The van der Waals surface area contributed by atoms with Crippen LogP contribution in [0, 0.1) is 0 Å². The summed E-state index contributed by atoms with van der Waals surface area (Å²) in [5.74, 6) is 0.984. The summed E-state index contributed by atoms with van der Waals surface area (Å²) in [5, 5.41) is 0. The van der Waals surface area contributed by atoms with E-state index < -0.39 is 0 Å². The standard InChI is InChI=1S/C8H19NS.BH3/c1-4-8(7-10)9(5-2)6-3;/h8,10H,4-7H2,1-3H3;1H3. The Morgan fingerprint density at radius 2 is 1.64 bits per heavy atom. The third-order valence-corrected chi connectivity index (χ3v) is 2.43. The molecule has 0 saturated carbocycles. The van der Waals surface area contributed by atoms with Gasteiger partial charge in [-0.1, -0.05) is 20.8 Å². The van der Waals surface area contributed by atoms with Gasteiger partial charge in [0.15, 0.2) is 0 Å². The fraction of sp³-hybridized carbons (Fsp3) is 1.00. The SMILES string of the molecule is B.CCC(CS)N(CC)CC. The van der Waals surface area contributed by atoms with Gasteiger partial charge in [-0.25, -0.2) is 0 Å². The van der Waals surface area contributed by atoms with Crippen molar-refractivity contribution in [2.45, 2.75) is 33.2 Å². The monoisotopic (exact) mass is 175 g/mol. The highest BCUT2D eigenvalue weighted by Crippen LogP contribution is 2.04. The zero-order valence-corrected chi connectivity index (χ0v) is 8.19. The van der Waals surface area contributed by atoms with Gasteiger partial charge in [-0.05, 0) is 19.5 Å². The fourth-order valence-electron chi connectivity index (χ4n) is 1.24. The lowest BCUT2D eigenvalue weighted by Crippen LogP contribution is -2.35. The molecule has 0 bridgehead atoms. The first-order valence-corrected chi connectivity index (χ1v) is 4.78. The molecule has 0 heterocycles. The highest BCUT2D eigenvalue weighted by atomic mass is 32.1. The highest BCUT2D eigenvalue weighted by Gasteiger charge is 2.09. The Balaban J connectivity index is 0. The van der Waals surface area contributed by atoms with Gasteiger partial charge in [-0.2, -0.15) is 12.6 Å². The molecule has 0 aliphatic rings. The number of hydrogen-bond acceptors (Lipinski definition) is 2. The average molecular weight is 175 g/mol. The molecule has 1 unspecified atom stereocenters. The van der Waals surface area contributed by atoms with Crippen molar-refractivity contribution >= 4 is 21.0 Å². The lowest BCUT2D eigenvalue weighted by molar-refractivity contribution is 0.230. The normalized spacial score (nSPS) is 12.8. The molecule has 0 aromatic carbocycles. The van der Waals surface area contributed by atoms with Crippen LogP contribution in [0.25, 0.3) is 0 Å². The summed E-state index contributed by atoms with van der Waals surface area (Å²) in [4.78, 5) is 2.45. The van der Waals surface area contributed by atoms with Crippen LogP contribution in [0.1, 0.15) is 27.2 Å². The van der Waals surface area contributed by atoms with E-state index in [4.69, 9.17) is 0 Å². The maximum absolute atomic E-state index is 4.30. The Hall–Kier alpha value is 0.375. The first-order chi connectivity index (χ1) is 4.79. The third-order valence-electron chi connectivity index (χ3n) is 2.01. The van der Waals surface area contributed by atoms with Crippen LogP contribution in [0.2, 0.25) is 0 Å². The molecule has 0 rings (SSSR count). The molecule has 0 aliphatic heterocycles. The smallest absolute Gasteiger partial charge is 0.0814 e. The van der Waals surface area contributed by atoms with Crippen molar-refractivity contribution in [3.63, 3.8) is 0 Å². The first-order valence-electron chi connectivity index (χ1n) is 4.14. The molecule has 68 valence electrons. The molecule has 0 radical (unpaired) electrons. The van der Waals surface area contributed by atoms with E-state index in [9.17, 15) is 0 Å². The number of rotatable bonds is 5. The second-order valence-corrected chi connectivity index (χ2v) is 2.83. The van der Waals surface area contributed by atoms with E-state index in [0.717, 1.165) is 18.8 Å². The summed E-state index contributed by atoms with van der Waals surface area (Å²) in [6.45, 7) is 8.93. The topological polar surface area (TPSA) is 3.24 Å². The van der Waals surface area contributed by atoms with E-state index in [1.165, 1.54) is 6.42 Å². The zero-order chi connectivity index (χ0) is 7.98. The largest absolute Gasteiger partial charge is 0.300 e. The Morgan fingerprint density at radius 3 is 1.73 bits per heavy atom. The van der Waals surface area contributed by atoms with Crippen LogP contribution >= 0.6 is 12.6 Å². The molecule has 0 fully saturated rings. The van der Waals surface area contributed by atoms with Crippen LogP contribution in [-0.4, -0.2) is 38.2 Å². The molecule has 0 saturated heterocycles. The van der Waals surface area contributed by atoms with Crippen LogP contribution in [-0.2, 0) is 0 Å². The van der Waals surface area contributed by atoms with Crippen molar-refractivity contribution in [1.29, 1.82) is 0 Å².